The summed E-state index contributed by atoms with van der Waals surface area (Å²) < 4.78 is 32.5. The molecule has 6 heteroatoms. The van der Waals surface area contributed by atoms with Crippen molar-refractivity contribution in [3.8, 4) is 5.75 Å². The minimum Gasteiger partial charge on any atom is -0.496 e. The van der Waals surface area contributed by atoms with Gasteiger partial charge in [0.2, 0.25) is 10.0 Å². The maximum atomic E-state index is 12.4. The van der Waals surface area contributed by atoms with Crippen molar-refractivity contribution in [2.75, 3.05) is 13.7 Å². The number of rotatable bonds is 6. The van der Waals surface area contributed by atoms with Crippen LogP contribution < -0.4 is 9.46 Å². The van der Waals surface area contributed by atoms with Gasteiger partial charge in [0.15, 0.2) is 0 Å². The van der Waals surface area contributed by atoms with Gasteiger partial charge in [0.1, 0.15) is 5.75 Å². The summed E-state index contributed by atoms with van der Waals surface area (Å²) >= 11 is 0. The van der Waals surface area contributed by atoms with Gasteiger partial charge in [-0.2, -0.15) is 0 Å². The second-order valence-corrected chi connectivity index (χ2v) is 7.74. The van der Waals surface area contributed by atoms with Crippen molar-refractivity contribution >= 4 is 10.0 Å². The summed E-state index contributed by atoms with van der Waals surface area (Å²) in [6, 6.07) is 4.52. The highest BCUT2D eigenvalue weighted by atomic mass is 32.2. The van der Waals surface area contributed by atoms with Crippen LogP contribution in [0.4, 0.5) is 0 Å². The van der Waals surface area contributed by atoms with Gasteiger partial charge >= 0.3 is 0 Å². The third-order valence-corrected chi connectivity index (χ3v) is 5.63. The fourth-order valence-corrected chi connectivity index (χ4v) is 4.05. The molecule has 21 heavy (non-hydrogen) atoms. The Labute approximate surface area is 126 Å². The van der Waals surface area contributed by atoms with Crippen molar-refractivity contribution in [2.45, 2.75) is 44.1 Å². The van der Waals surface area contributed by atoms with E-state index in [0.29, 0.717) is 17.9 Å². The van der Waals surface area contributed by atoms with E-state index in [1.54, 1.807) is 6.07 Å². The quantitative estimate of drug-likeness (QED) is 0.843. The lowest BCUT2D eigenvalue weighted by Gasteiger charge is -2.23. The third-order valence-electron chi connectivity index (χ3n) is 4.23. The molecule has 0 aromatic heterocycles. The number of aliphatic hydroxyl groups excluding tert-OH is 1. The van der Waals surface area contributed by atoms with Crippen LogP contribution in [0.5, 0.6) is 5.75 Å². The highest BCUT2D eigenvalue weighted by Gasteiger charge is 2.30. The van der Waals surface area contributed by atoms with Crippen LogP contribution in [-0.2, 0) is 16.6 Å². The van der Waals surface area contributed by atoms with Gasteiger partial charge in [-0.15, -0.1) is 0 Å². The summed E-state index contributed by atoms with van der Waals surface area (Å²) in [5.41, 5.74) is 0.520. The number of hydrogen-bond acceptors (Lipinski definition) is 4. The SMILES string of the molecule is COc1ccc(S(=O)(=O)NCC2(C)CCCC2)cc1CO. The number of ether oxygens (including phenoxy) is 1. The predicted molar refractivity (Wildman–Crippen MR) is 80.7 cm³/mol. The summed E-state index contributed by atoms with van der Waals surface area (Å²) in [5, 5.41) is 9.29. The molecule has 1 aliphatic rings. The van der Waals surface area contributed by atoms with Gasteiger partial charge in [-0.3, -0.25) is 0 Å². The standard InChI is InChI=1S/C15H23NO4S/c1-15(7-3-4-8-15)11-16-21(18,19)13-5-6-14(20-2)12(9-13)10-17/h5-6,9,16-17H,3-4,7-8,10-11H2,1-2H3. The summed E-state index contributed by atoms with van der Waals surface area (Å²) in [6.07, 6.45) is 4.44. The Hall–Kier alpha value is -1.11. The lowest BCUT2D eigenvalue weighted by Crippen LogP contribution is -2.34. The van der Waals surface area contributed by atoms with Gasteiger partial charge in [-0.25, -0.2) is 13.1 Å². The van der Waals surface area contributed by atoms with Gasteiger partial charge in [-0.05, 0) is 36.5 Å². The van der Waals surface area contributed by atoms with Crippen LogP contribution in [0, 0.1) is 5.41 Å². The molecule has 1 saturated carbocycles. The molecule has 0 amide bonds. The molecule has 0 aliphatic heterocycles. The molecule has 5 nitrogen and oxygen atoms in total. The summed E-state index contributed by atoms with van der Waals surface area (Å²) in [7, 11) is -2.07. The molecule has 0 heterocycles. The molecule has 1 aliphatic carbocycles. The number of hydrogen-bond donors (Lipinski definition) is 2. The van der Waals surface area contributed by atoms with Gasteiger partial charge in [0, 0.05) is 12.1 Å². The zero-order valence-corrected chi connectivity index (χ0v) is 13.4. The molecule has 0 atom stereocenters. The molecule has 2 rings (SSSR count). The highest BCUT2D eigenvalue weighted by molar-refractivity contribution is 7.89. The van der Waals surface area contributed by atoms with Crippen molar-refractivity contribution in [1.29, 1.82) is 0 Å². The Bertz CT molecular complexity index is 592. The topological polar surface area (TPSA) is 75.6 Å². The average Bonchev–Trinajstić information content (AvgIpc) is 2.92. The molecule has 0 radical (unpaired) electrons. The minimum atomic E-state index is -3.56. The van der Waals surface area contributed by atoms with E-state index in [2.05, 4.69) is 11.6 Å². The molecule has 118 valence electrons. The predicted octanol–water partition coefficient (Wildman–Crippen LogP) is 2.05. The lowest BCUT2D eigenvalue weighted by atomic mass is 9.89. The molecule has 1 fully saturated rings. The Morgan fingerprint density at radius 1 is 1.33 bits per heavy atom. The number of methoxy groups -OCH3 is 1. The van der Waals surface area contributed by atoms with E-state index >= 15 is 0 Å². The van der Waals surface area contributed by atoms with E-state index in [-0.39, 0.29) is 16.9 Å². The van der Waals surface area contributed by atoms with E-state index in [1.165, 1.54) is 19.2 Å². The molecule has 0 bridgehead atoms. The van der Waals surface area contributed by atoms with Gasteiger partial charge in [-0.1, -0.05) is 19.8 Å². The third kappa shape index (κ3) is 3.75. The van der Waals surface area contributed by atoms with Crippen molar-refractivity contribution < 1.29 is 18.3 Å². The van der Waals surface area contributed by atoms with Gasteiger partial charge in [0.25, 0.3) is 0 Å². The van der Waals surface area contributed by atoms with Crippen LogP contribution >= 0.6 is 0 Å². The maximum Gasteiger partial charge on any atom is 0.240 e. The highest BCUT2D eigenvalue weighted by Crippen LogP contribution is 2.37. The average molecular weight is 313 g/mol. The Morgan fingerprint density at radius 3 is 2.57 bits per heavy atom. The van der Waals surface area contributed by atoms with Crippen LogP contribution in [0.15, 0.2) is 23.1 Å². The van der Waals surface area contributed by atoms with Crippen molar-refractivity contribution in [3.05, 3.63) is 23.8 Å². The number of sulfonamides is 1. The smallest absolute Gasteiger partial charge is 0.240 e. The minimum absolute atomic E-state index is 0.0549. The number of benzene rings is 1. The first kappa shape index (κ1) is 16.3. The summed E-state index contributed by atoms with van der Waals surface area (Å²) in [4.78, 5) is 0.161. The molecule has 1 aromatic rings. The fraction of sp³-hybridized carbons (Fsp3) is 0.600. The Balaban J connectivity index is 2.15. The Morgan fingerprint density at radius 2 is 2.00 bits per heavy atom. The van der Waals surface area contributed by atoms with E-state index < -0.39 is 10.0 Å². The molecule has 0 spiro atoms. The van der Waals surface area contributed by atoms with Crippen molar-refractivity contribution in [3.63, 3.8) is 0 Å². The van der Waals surface area contributed by atoms with Crippen LogP contribution in [0.2, 0.25) is 0 Å². The molecular weight excluding hydrogens is 290 g/mol. The molecule has 0 saturated heterocycles. The van der Waals surface area contributed by atoms with Gasteiger partial charge < -0.3 is 9.84 Å². The molecular formula is C15H23NO4S. The number of aliphatic hydroxyl groups is 1. The second kappa shape index (κ2) is 6.34. The van der Waals surface area contributed by atoms with E-state index in [0.717, 1.165) is 25.7 Å². The summed E-state index contributed by atoms with van der Waals surface area (Å²) in [6.45, 7) is 2.32. The molecule has 2 N–H and O–H groups in total. The van der Waals surface area contributed by atoms with Crippen LogP contribution in [-0.4, -0.2) is 27.2 Å². The Kier molecular flexibility index (Phi) is 4.91. The first-order valence-electron chi connectivity index (χ1n) is 7.18. The summed E-state index contributed by atoms with van der Waals surface area (Å²) in [5.74, 6) is 0.485. The van der Waals surface area contributed by atoms with E-state index in [4.69, 9.17) is 4.74 Å². The van der Waals surface area contributed by atoms with Gasteiger partial charge in [0.05, 0.1) is 18.6 Å². The maximum absolute atomic E-state index is 12.4. The molecule has 0 unspecified atom stereocenters. The van der Waals surface area contributed by atoms with E-state index in [9.17, 15) is 13.5 Å². The van der Waals surface area contributed by atoms with Crippen molar-refractivity contribution in [1.82, 2.24) is 4.72 Å². The molecule has 1 aromatic carbocycles. The zero-order chi connectivity index (χ0) is 15.5. The normalized spacial score (nSPS) is 17.9. The van der Waals surface area contributed by atoms with Crippen LogP contribution in [0.1, 0.15) is 38.2 Å². The largest absolute Gasteiger partial charge is 0.496 e. The van der Waals surface area contributed by atoms with Crippen molar-refractivity contribution in [2.24, 2.45) is 5.41 Å². The fourth-order valence-electron chi connectivity index (χ4n) is 2.80. The zero-order valence-electron chi connectivity index (χ0n) is 12.6. The number of nitrogens with one attached hydrogen (secondary N) is 1. The monoisotopic (exact) mass is 313 g/mol. The van der Waals surface area contributed by atoms with Crippen LogP contribution in [0.3, 0.4) is 0 Å². The first-order valence-corrected chi connectivity index (χ1v) is 8.66. The second-order valence-electron chi connectivity index (χ2n) is 5.97. The first-order chi connectivity index (χ1) is 9.90. The van der Waals surface area contributed by atoms with E-state index in [1.807, 2.05) is 0 Å². The van der Waals surface area contributed by atoms with Crippen LogP contribution in [0.25, 0.3) is 0 Å². The lowest BCUT2D eigenvalue weighted by molar-refractivity contribution is 0.273.